The number of aliphatic hydroxyl groups is 1. The van der Waals surface area contributed by atoms with Crippen LogP contribution in [0.15, 0.2) is 51.6 Å². The van der Waals surface area contributed by atoms with E-state index >= 15 is 0 Å². The van der Waals surface area contributed by atoms with Crippen molar-refractivity contribution in [3.8, 4) is 0 Å². The Bertz CT molecular complexity index is 733. The van der Waals surface area contributed by atoms with Crippen LogP contribution in [0.3, 0.4) is 0 Å². The van der Waals surface area contributed by atoms with Crippen molar-refractivity contribution in [2.45, 2.75) is 6.10 Å². The van der Waals surface area contributed by atoms with Crippen LogP contribution in [0.25, 0.3) is 11.0 Å². The molecule has 0 aliphatic heterocycles. The van der Waals surface area contributed by atoms with Crippen LogP contribution in [-0.2, 0) is 4.74 Å². The normalized spacial score (nSPS) is 12.4. The van der Waals surface area contributed by atoms with Gasteiger partial charge in [-0.05, 0) is 34.5 Å². The van der Waals surface area contributed by atoms with Crippen LogP contribution in [0.5, 0.6) is 0 Å². The predicted octanol–water partition coefficient (Wildman–Crippen LogP) is 2.97. The van der Waals surface area contributed by atoms with E-state index in [1.54, 1.807) is 17.4 Å². The molecular weight excluding hydrogens is 314 g/mol. The smallest absolute Gasteiger partial charge is 0.287 e. The van der Waals surface area contributed by atoms with Gasteiger partial charge in [0.2, 0.25) is 0 Å². The third kappa shape index (κ3) is 3.79. The molecule has 0 fully saturated rings. The highest BCUT2D eigenvalue weighted by Gasteiger charge is 2.17. The summed E-state index contributed by atoms with van der Waals surface area (Å²) in [7, 11) is 0. The minimum Gasteiger partial charge on any atom is -0.451 e. The molecule has 2 heterocycles. The van der Waals surface area contributed by atoms with Crippen LogP contribution in [0.4, 0.5) is 0 Å². The molecule has 5 nitrogen and oxygen atoms in total. The largest absolute Gasteiger partial charge is 0.451 e. The fourth-order valence-corrected chi connectivity index (χ4v) is 2.99. The lowest BCUT2D eigenvalue weighted by atomic mass is 10.2. The SMILES string of the molecule is O=C(NC[C@@H](OCCO)c1ccsc1)c1cc2ccccc2o1. The van der Waals surface area contributed by atoms with Gasteiger partial charge in [-0.1, -0.05) is 18.2 Å². The second-order valence-corrected chi connectivity index (χ2v) is 5.78. The van der Waals surface area contributed by atoms with Gasteiger partial charge in [-0.15, -0.1) is 0 Å². The van der Waals surface area contributed by atoms with Crippen LogP contribution in [0.2, 0.25) is 0 Å². The number of ether oxygens (including phenoxy) is 1. The second kappa shape index (κ2) is 7.41. The van der Waals surface area contributed by atoms with Gasteiger partial charge < -0.3 is 19.6 Å². The first-order valence-corrected chi connectivity index (χ1v) is 8.23. The molecule has 0 radical (unpaired) electrons. The highest BCUT2D eigenvalue weighted by atomic mass is 32.1. The fraction of sp³-hybridized carbons (Fsp3) is 0.235. The summed E-state index contributed by atoms with van der Waals surface area (Å²) in [6, 6.07) is 11.1. The summed E-state index contributed by atoms with van der Waals surface area (Å²) < 4.78 is 11.1. The summed E-state index contributed by atoms with van der Waals surface area (Å²) in [6.45, 7) is 0.478. The Kier molecular flexibility index (Phi) is 5.07. The topological polar surface area (TPSA) is 71.7 Å². The number of thiophene rings is 1. The minimum absolute atomic E-state index is 0.0574. The third-order valence-corrected chi connectivity index (χ3v) is 4.12. The van der Waals surface area contributed by atoms with E-state index < -0.39 is 0 Å². The summed E-state index contributed by atoms with van der Waals surface area (Å²) in [5.41, 5.74) is 1.66. The first-order chi connectivity index (χ1) is 11.3. The van der Waals surface area contributed by atoms with Gasteiger partial charge in [0.1, 0.15) is 11.7 Å². The monoisotopic (exact) mass is 331 g/mol. The number of rotatable bonds is 7. The van der Waals surface area contributed by atoms with Crippen molar-refractivity contribution in [1.82, 2.24) is 5.32 Å². The van der Waals surface area contributed by atoms with Gasteiger partial charge >= 0.3 is 0 Å². The number of benzene rings is 1. The van der Waals surface area contributed by atoms with Gasteiger partial charge in [0, 0.05) is 11.9 Å². The summed E-state index contributed by atoms with van der Waals surface area (Å²) in [4.78, 5) is 12.3. The molecule has 0 bridgehead atoms. The summed E-state index contributed by atoms with van der Waals surface area (Å²) in [5.74, 6) is -0.00791. The lowest BCUT2D eigenvalue weighted by molar-refractivity contribution is 0.0277. The summed E-state index contributed by atoms with van der Waals surface area (Å²) in [6.07, 6.45) is -0.290. The van der Waals surface area contributed by atoms with Crippen molar-refractivity contribution >= 4 is 28.2 Å². The number of fused-ring (bicyclic) bond motifs is 1. The number of furan rings is 1. The molecule has 0 saturated heterocycles. The molecule has 23 heavy (non-hydrogen) atoms. The van der Waals surface area contributed by atoms with Crippen LogP contribution in [-0.4, -0.2) is 30.8 Å². The molecule has 3 rings (SSSR count). The highest BCUT2D eigenvalue weighted by molar-refractivity contribution is 7.07. The lowest BCUT2D eigenvalue weighted by Gasteiger charge is -2.16. The molecular formula is C17H17NO4S. The van der Waals surface area contributed by atoms with E-state index in [2.05, 4.69) is 5.32 Å². The van der Waals surface area contributed by atoms with Gasteiger partial charge in [-0.3, -0.25) is 4.79 Å². The van der Waals surface area contributed by atoms with E-state index in [0.717, 1.165) is 10.9 Å². The Hall–Kier alpha value is -2.15. The van der Waals surface area contributed by atoms with Gasteiger partial charge in [-0.2, -0.15) is 11.3 Å². The summed E-state index contributed by atoms with van der Waals surface area (Å²) in [5, 5.41) is 16.6. The Labute approximate surface area is 137 Å². The zero-order valence-corrected chi connectivity index (χ0v) is 13.2. The van der Waals surface area contributed by atoms with E-state index in [1.165, 1.54) is 0 Å². The number of carbonyl (C=O) groups excluding carboxylic acids is 1. The number of hydrogen-bond donors (Lipinski definition) is 2. The van der Waals surface area contributed by atoms with Gasteiger partial charge in [0.15, 0.2) is 5.76 Å². The van der Waals surface area contributed by atoms with Gasteiger partial charge in [0.25, 0.3) is 5.91 Å². The molecule has 1 aromatic carbocycles. The van der Waals surface area contributed by atoms with E-state index in [0.29, 0.717) is 12.1 Å². The highest BCUT2D eigenvalue weighted by Crippen LogP contribution is 2.21. The first kappa shape index (κ1) is 15.7. The Morgan fingerprint density at radius 2 is 2.22 bits per heavy atom. The molecule has 0 spiro atoms. The number of para-hydroxylation sites is 1. The molecule has 1 atom stereocenters. The van der Waals surface area contributed by atoms with Crippen LogP contribution >= 0.6 is 11.3 Å². The molecule has 1 amide bonds. The molecule has 0 saturated carbocycles. The molecule has 0 unspecified atom stereocenters. The maximum atomic E-state index is 12.3. The number of amides is 1. The van der Waals surface area contributed by atoms with Crippen molar-refractivity contribution in [1.29, 1.82) is 0 Å². The third-order valence-electron chi connectivity index (χ3n) is 3.42. The minimum atomic E-state index is -0.290. The second-order valence-electron chi connectivity index (χ2n) is 5.00. The van der Waals surface area contributed by atoms with Crippen molar-refractivity contribution < 1.29 is 19.1 Å². The number of nitrogens with one attached hydrogen (secondary N) is 1. The van der Waals surface area contributed by atoms with Crippen molar-refractivity contribution in [3.05, 3.63) is 58.5 Å². The molecule has 0 aliphatic carbocycles. The number of carbonyl (C=O) groups is 1. The van der Waals surface area contributed by atoms with Crippen LogP contribution < -0.4 is 5.32 Å². The summed E-state index contributed by atoms with van der Waals surface area (Å²) >= 11 is 1.56. The standard InChI is InChI=1S/C17H17NO4S/c19-6-7-21-16(13-5-8-23-11-13)10-18-17(20)15-9-12-3-1-2-4-14(12)22-15/h1-5,8-9,11,16,19H,6-7,10H2,(H,18,20)/t16-/m1/s1. The fourth-order valence-electron chi connectivity index (χ4n) is 2.29. The first-order valence-electron chi connectivity index (χ1n) is 7.29. The Morgan fingerprint density at radius 3 is 2.96 bits per heavy atom. The van der Waals surface area contributed by atoms with Gasteiger partial charge in [0.05, 0.1) is 13.2 Å². The zero-order chi connectivity index (χ0) is 16.1. The molecule has 2 aromatic heterocycles. The van der Waals surface area contributed by atoms with Crippen molar-refractivity contribution in [3.63, 3.8) is 0 Å². The average molecular weight is 331 g/mol. The molecule has 0 aliphatic rings. The molecule has 6 heteroatoms. The zero-order valence-electron chi connectivity index (χ0n) is 12.4. The Balaban J connectivity index is 1.66. The predicted molar refractivity (Wildman–Crippen MR) is 88.6 cm³/mol. The molecule has 2 N–H and O–H groups in total. The average Bonchev–Trinajstić information content (AvgIpc) is 3.24. The van der Waals surface area contributed by atoms with Crippen molar-refractivity contribution in [2.24, 2.45) is 0 Å². The van der Waals surface area contributed by atoms with E-state index in [-0.39, 0.29) is 31.0 Å². The van der Waals surface area contributed by atoms with Crippen LogP contribution in [0, 0.1) is 0 Å². The van der Waals surface area contributed by atoms with E-state index in [1.807, 2.05) is 41.1 Å². The lowest BCUT2D eigenvalue weighted by Crippen LogP contribution is -2.29. The Morgan fingerprint density at radius 1 is 1.35 bits per heavy atom. The number of hydrogen-bond acceptors (Lipinski definition) is 5. The molecule has 120 valence electrons. The van der Waals surface area contributed by atoms with E-state index in [9.17, 15) is 4.79 Å². The van der Waals surface area contributed by atoms with E-state index in [4.69, 9.17) is 14.3 Å². The number of aliphatic hydroxyl groups excluding tert-OH is 1. The van der Waals surface area contributed by atoms with Crippen LogP contribution in [0.1, 0.15) is 22.2 Å². The maximum absolute atomic E-state index is 12.3. The quantitative estimate of drug-likeness (QED) is 0.698. The van der Waals surface area contributed by atoms with Crippen molar-refractivity contribution in [2.75, 3.05) is 19.8 Å². The molecule has 3 aromatic rings. The maximum Gasteiger partial charge on any atom is 0.287 e. The van der Waals surface area contributed by atoms with Gasteiger partial charge in [-0.25, -0.2) is 0 Å².